The smallest absolute Gasteiger partial charge is 0.163 e. The third-order valence-corrected chi connectivity index (χ3v) is 3.77. The quantitative estimate of drug-likeness (QED) is 0.745. The number of carbonyl (C=O) groups is 1. The van der Waals surface area contributed by atoms with Gasteiger partial charge in [-0.05, 0) is 56.5 Å². The van der Waals surface area contributed by atoms with Crippen molar-refractivity contribution >= 4 is 5.78 Å². The molecule has 1 heterocycles. The first-order valence-electron chi connectivity index (χ1n) is 6.48. The maximum atomic E-state index is 12.0. The maximum Gasteiger partial charge on any atom is 0.163 e. The van der Waals surface area contributed by atoms with Crippen molar-refractivity contribution < 1.29 is 4.79 Å². The van der Waals surface area contributed by atoms with Crippen LogP contribution in [0.3, 0.4) is 0 Å². The van der Waals surface area contributed by atoms with Gasteiger partial charge >= 0.3 is 0 Å². The molecule has 0 unspecified atom stereocenters. The molecule has 1 aliphatic carbocycles. The standard InChI is InChI=1S/C16H17NO/c1-11-6-7-12(2)17(11)14-9-8-13-4-3-5-16(18)15(13)10-14/h6-10H,3-5H2,1-2H3. The SMILES string of the molecule is Cc1ccc(C)n1-c1ccc2c(c1)C(=O)CCC2. The second-order valence-corrected chi connectivity index (χ2v) is 5.07. The number of fused-ring (bicyclic) bond motifs is 1. The molecule has 1 aromatic carbocycles. The molecule has 0 fully saturated rings. The van der Waals surface area contributed by atoms with E-state index in [1.165, 1.54) is 17.0 Å². The Morgan fingerprint density at radius 2 is 1.72 bits per heavy atom. The number of hydrogen-bond donors (Lipinski definition) is 0. The van der Waals surface area contributed by atoms with Crippen LogP contribution >= 0.6 is 0 Å². The lowest BCUT2D eigenvalue weighted by Crippen LogP contribution is -2.12. The van der Waals surface area contributed by atoms with Crippen LogP contribution in [0.15, 0.2) is 30.3 Å². The predicted molar refractivity (Wildman–Crippen MR) is 72.5 cm³/mol. The second-order valence-electron chi connectivity index (χ2n) is 5.07. The highest BCUT2D eigenvalue weighted by molar-refractivity contribution is 5.99. The number of Topliss-reactive ketones (excluding diaryl/α,β-unsaturated/α-hetero) is 1. The van der Waals surface area contributed by atoms with Gasteiger partial charge in [0.2, 0.25) is 0 Å². The van der Waals surface area contributed by atoms with E-state index in [2.05, 4.69) is 48.7 Å². The first-order chi connectivity index (χ1) is 8.66. The van der Waals surface area contributed by atoms with Gasteiger partial charge in [-0.3, -0.25) is 4.79 Å². The molecule has 0 spiro atoms. The summed E-state index contributed by atoms with van der Waals surface area (Å²) in [6.07, 6.45) is 2.72. The minimum absolute atomic E-state index is 0.292. The molecule has 92 valence electrons. The molecular weight excluding hydrogens is 222 g/mol. The van der Waals surface area contributed by atoms with Crippen molar-refractivity contribution in [3.63, 3.8) is 0 Å². The van der Waals surface area contributed by atoms with E-state index in [0.29, 0.717) is 12.2 Å². The number of benzene rings is 1. The molecule has 1 aromatic heterocycles. The predicted octanol–water partition coefficient (Wildman–Crippen LogP) is 3.61. The van der Waals surface area contributed by atoms with Gasteiger partial charge in [0.1, 0.15) is 0 Å². The molecule has 3 rings (SSSR count). The Balaban J connectivity index is 2.15. The van der Waals surface area contributed by atoms with Gasteiger partial charge in [0.25, 0.3) is 0 Å². The number of ketones is 1. The number of hydrogen-bond acceptors (Lipinski definition) is 1. The van der Waals surface area contributed by atoms with Crippen molar-refractivity contribution in [3.8, 4) is 5.69 Å². The number of carbonyl (C=O) groups excluding carboxylic acids is 1. The molecule has 0 N–H and O–H groups in total. The highest BCUT2D eigenvalue weighted by Gasteiger charge is 2.18. The second kappa shape index (κ2) is 4.13. The summed E-state index contributed by atoms with van der Waals surface area (Å²) in [4.78, 5) is 12.0. The van der Waals surface area contributed by atoms with Crippen molar-refractivity contribution in [1.82, 2.24) is 4.57 Å². The molecule has 0 radical (unpaired) electrons. The van der Waals surface area contributed by atoms with E-state index in [1.807, 2.05) is 0 Å². The summed E-state index contributed by atoms with van der Waals surface area (Å²) >= 11 is 0. The average Bonchev–Trinajstić information content (AvgIpc) is 2.69. The molecule has 0 amide bonds. The van der Waals surface area contributed by atoms with Crippen LogP contribution in [0.4, 0.5) is 0 Å². The summed E-state index contributed by atoms with van der Waals surface area (Å²) in [5.41, 5.74) is 5.64. The van der Waals surface area contributed by atoms with Crippen LogP contribution in [0.5, 0.6) is 0 Å². The highest BCUT2D eigenvalue weighted by Crippen LogP contribution is 2.25. The molecule has 18 heavy (non-hydrogen) atoms. The van der Waals surface area contributed by atoms with Crippen molar-refractivity contribution in [2.24, 2.45) is 0 Å². The third-order valence-electron chi connectivity index (χ3n) is 3.77. The summed E-state index contributed by atoms with van der Waals surface area (Å²) in [6.45, 7) is 4.18. The lowest BCUT2D eigenvalue weighted by atomic mass is 9.90. The van der Waals surface area contributed by atoms with Crippen LogP contribution in [0.2, 0.25) is 0 Å². The number of aromatic nitrogens is 1. The van der Waals surface area contributed by atoms with Gasteiger partial charge in [0.05, 0.1) is 0 Å². The molecule has 2 heteroatoms. The topological polar surface area (TPSA) is 22.0 Å². The lowest BCUT2D eigenvalue weighted by Gasteiger charge is -2.17. The number of aryl methyl sites for hydroxylation is 3. The van der Waals surface area contributed by atoms with Gasteiger partial charge in [-0.15, -0.1) is 0 Å². The molecule has 0 saturated heterocycles. The van der Waals surface area contributed by atoms with Crippen LogP contribution in [0.1, 0.15) is 40.2 Å². The first-order valence-corrected chi connectivity index (χ1v) is 6.48. The fourth-order valence-electron chi connectivity index (χ4n) is 2.83. The Morgan fingerprint density at radius 1 is 1.00 bits per heavy atom. The van der Waals surface area contributed by atoms with Crippen molar-refractivity contribution in [3.05, 3.63) is 52.8 Å². The van der Waals surface area contributed by atoms with Gasteiger partial charge in [-0.25, -0.2) is 0 Å². The summed E-state index contributed by atoms with van der Waals surface area (Å²) in [6, 6.07) is 10.5. The van der Waals surface area contributed by atoms with Crippen LogP contribution in [0.25, 0.3) is 5.69 Å². The molecule has 1 aliphatic rings. The molecule has 0 aliphatic heterocycles. The fourth-order valence-corrected chi connectivity index (χ4v) is 2.83. The zero-order valence-corrected chi connectivity index (χ0v) is 10.9. The van der Waals surface area contributed by atoms with Crippen molar-refractivity contribution in [2.45, 2.75) is 33.1 Å². The highest BCUT2D eigenvalue weighted by atomic mass is 16.1. The lowest BCUT2D eigenvalue weighted by molar-refractivity contribution is 0.0972. The van der Waals surface area contributed by atoms with E-state index in [1.54, 1.807) is 0 Å². The Bertz CT molecular complexity index is 603. The molecule has 2 nitrogen and oxygen atoms in total. The van der Waals surface area contributed by atoms with Crippen molar-refractivity contribution in [2.75, 3.05) is 0 Å². The number of rotatable bonds is 1. The summed E-state index contributed by atoms with van der Waals surface area (Å²) in [7, 11) is 0. The van der Waals surface area contributed by atoms with E-state index in [0.717, 1.165) is 24.1 Å². The molecule has 0 bridgehead atoms. The molecular formula is C16H17NO. The largest absolute Gasteiger partial charge is 0.318 e. The molecule has 0 atom stereocenters. The van der Waals surface area contributed by atoms with Crippen molar-refractivity contribution in [1.29, 1.82) is 0 Å². The van der Waals surface area contributed by atoms with Crippen LogP contribution in [0, 0.1) is 13.8 Å². The maximum absolute atomic E-state index is 12.0. The minimum atomic E-state index is 0.292. The Kier molecular flexibility index (Phi) is 2.58. The zero-order valence-electron chi connectivity index (χ0n) is 10.9. The van der Waals surface area contributed by atoms with Crippen LogP contribution in [-0.4, -0.2) is 10.4 Å². The molecule has 2 aromatic rings. The van der Waals surface area contributed by atoms with Gasteiger partial charge in [-0.1, -0.05) is 6.07 Å². The van der Waals surface area contributed by atoms with E-state index >= 15 is 0 Å². The van der Waals surface area contributed by atoms with Gasteiger partial charge in [0, 0.05) is 29.1 Å². The molecule has 0 saturated carbocycles. The van der Waals surface area contributed by atoms with Crippen LogP contribution in [-0.2, 0) is 6.42 Å². The average molecular weight is 239 g/mol. The summed E-state index contributed by atoms with van der Waals surface area (Å²) < 4.78 is 2.20. The van der Waals surface area contributed by atoms with E-state index in [9.17, 15) is 4.79 Å². The van der Waals surface area contributed by atoms with Gasteiger partial charge < -0.3 is 4.57 Å². The normalized spacial score (nSPS) is 14.7. The fraction of sp³-hybridized carbons (Fsp3) is 0.312. The summed E-state index contributed by atoms with van der Waals surface area (Å²) in [5.74, 6) is 0.292. The first kappa shape index (κ1) is 11.3. The Labute approximate surface area is 107 Å². The Hall–Kier alpha value is -1.83. The van der Waals surface area contributed by atoms with Gasteiger partial charge in [0.15, 0.2) is 5.78 Å². The van der Waals surface area contributed by atoms with Gasteiger partial charge in [-0.2, -0.15) is 0 Å². The third kappa shape index (κ3) is 1.69. The zero-order chi connectivity index (χ0) is 12.7. The van der Waals surface area contributed by atoms with E-state index in [-0.39, 0.29) is 0 Å². The minimum Gasteiger partial charge on any atom is -0.318 e. The van der Waals surface area contributed by atoms with E-state index < -0.39 is 0 Å². The summed E-state index contributed by atoms with van der Waals surface area (Å²) in [5, 5.41) is 0. The van der Waals surface area contributed by atoms with E-state index in [4.69, 9.17) is 0 Å². The monoisotopic (exact) mass is 239 g/mol. The Morgan fingerprint density at radius 3 is 2.44 bits per heavy atom. The van der Waals surface area contributed by atoms with Crippen LogP contribution < -0.4 is 0 Å². The number of nitrogens with zero attached hydrogens (tertiary/aromatic N) is 1.